The summed E-state index contributed by atoms with van der Waals surface area (Å²) in [6.07, 6.45) is 2.24. The average Bonchev–Trinajstić information content (AvgIpc) is 2.45. The number of ketones is 1. The van der Waals surface area contributed by atoms with Gasteiger partial charge in [-0.05, 0) is 33.6 Å². The Morgan fingerprint density at radius 1 is 1.04 bits per heavy atom. The van der Waals surface area contributed by atoms with Crippen LogP contribution in [0.4, 0.5) is 0 Å². The van der Waals surface area contributed by atoms with Gasteiger partial charge in [0.1, 0.15) is 5.78 Å². The Labute approximate surface area is 143 Å². The molecule has 0 atom stereocenters. The van der Waals surface area contributed by atoms with Crippen molar-refractivity contribution in [2.24, 2.45) is 5.92 Å². The molecule has 0 saturated heterocycles. The van der Waals surface area contributed by atoms with E-state index in [1.54, 1.807) is 6.92 Å². The van der Waals surface area contributed by atoms with Gasteiger partial charge < -0.3 is 20.1 Å². The zero-order valence-electron chi connectivity index (χ0n) is 14.9. The summed E-state index contributed by atoms with van der Waals surface area (Å²) in [5.41, 5.74) is 0. The molecule has 0 aromatic heterocycles. The van der Waals surface area contributed by atoms with Gasteiger partial charge >= 0.3 is 0 Å². The lowest BCUT2D eigenvalue weighted by Crippen LogP contribution is -2.46. The molecular formula is C17H30N2O5. The van der Waals surface area contributed by atoms with Crippen molar-refractivity contribution in [3.8, 4) is 0 Å². The van der Waals surface area contributed by atoms with Crippen LogP contribution in [0.5, 0.6) is 0 Å². The van der Waals surface area contributed by atoms with Crippen LogP contribution in [-0.4, -0.2) is 56.1 Å². The van der Waals surface area contributed by atoms with Crippen molar-refractivity contribution in [1.82, 2.24) is 10.6 Å². The maximum Gasteiger partial charge on any atom is 0.222 e. The summed E-state index contributed by atoms with van der Waals surface area (Å²) >= 11 is 0. The molecule has 1 fully saturated rings. The van der Waals surface area contributed by atoms with Crippen molar-refractivity contribution >= 4 is 17.6 Å². The van der Waals surface area contributed by atoms with E-state index in [4.69, 9.17) is 9.47 Å². The van der Waals surface area contributed by atoms with Crippen molar-refractivity contribution in [2.75, 3.05) is 26.4 Å². The highest BCUT2D eigenvalue weighted by molar-refractivity contribution is 5.80. The number of hydrogen-bond acceptors (Lipinski definition) is 5. The fourth-order valence-electron chi connectivity index (χ4n) is 2.37. The molecule has 7 nitrogen and oxygen atoms in total. The molecule has 0 bridgehead atoms. The van der Waals surface area contributed by atoms with Gasteiger partial charge in [-0.3, -0.25) is 14.4 Å². The molecule has 2 N–H and O–H groups in total. The lowest BCUT2D eigenvalue weighted by atomic mass is 9.78. The summed E-state index contributed by atoms with van der Waals surface area (Å²) < 4.78 is 10.6. The number of amides is 2. The summed E-state index contributed by atoms with van der Waals surface area (Å²) in [7, 11) is 0. The topological polar surface area (TPSA) is 93.7 Å². The largest absolute Gasteiger partial charge is 0.379 e. The Bertz CT molecular complexity index is 419. The smallest absolute Gasteiger partial charge is 0.222 e. The highest BCUT2D eigenvalue weighted by atomic mass is 16.5. The molecule has 0 aromatic carbocycles. The maximum atomic E-state index is 11.7. The van der Waals surface area contributed by atoms with Gasteiger partial charge in [0, 0.05) is 31.3 Å². The molecular weight excluding hydrogens is 312 g/mol. The van der Waals surface area contributed by atoms with E-state index < -0.39 is 0 Å². The second kappa shape index (κ2) is 11.1. The number of rotatable bonds is 12. The molecule has 2 amide bonds. The molecule has 1 aliphatic rings. The first-order chi connectivity index (χ1) is 11.4. The molecule has 138 valence electrons. The Morgan fingerprint density at radius 2 is 1.71 bits per heavy atom. The average molecular weight is 342 g/mol. The van der Waals surface area contributed by atoms with E-state index in [1.165, 1.54) is 0 Å². The molecule has 0 heterocycles. The normalized spacial score (nSPS) is 19.7. The Kier molecular flexibility index (Phi) is 9.56. The molecule has 1 aliphatic carbocycles. The lowest BCUT2D eigenvalue weighted by molar-refractivity contribution is -0.128. The highest BCUT2D eigenvalue weighted by Crippen LogP contribution is 2.27. The minimum Gasteiger partial charge on any atom is -0.379 e. The summed E-state index contributed by atoms with van der Waals surface area (Å²) in [5.74, 6) is 0.182. The Morgan fingerprint density at radius 3 is 2.33 bits per heavy atom. The summed E-state index contributed by atoms with van der Waals surface area (Å²) in [6.45, 7) is 6.97. The molecule has 0 spiro atoms. The molecule has 0 aliphatic heterocycles. The predicted molar refractivity (Wildman–Crippen MR) is 89.5 cm³/mol. The first-order valence-corrected chi connectivity index (χ1v) is 8.64. The van der Waals surface area contributed by atoms with E-state index >= 15 is 0 Å². The van der Waals surface area contributed by atoms with Crippen molar-refractivity contribution in [3.05, 3.63) is 0 Å². The summed E-state index contributed by atoms with van der Waals surface area (Å²) in [6, 6.07) is 0.124. The third kappa shape index (κ3) is 8.98. The minimum absolute atomic E-state index is 0.0585. The van der Waals surface area contributed by atoms with E-state index in [2.05, 4.69) is 10.6 Å². The van der Waals surface area contributed by atoms with Gasteiger partial charge in [0.15, 0.2) is 0 Å². The molecule has 0 unspecified atom stereocenters. The first-order valence-electron chi connectivity index (χ1n) is 8.64. The SMILES string of the molecule is CC(=O)[C@H]1C[C@H](NC(=O)CCOCCNC(=O)CCOC(C)C)C1. The van der Waals surface area contributed by atoms with Crippen LogP contribution in [0.15, 0.2) is 0 Å². The maximum absolute atomic E-state index is 11.7. The number of hydrogen-bond donors (Lipinski definition) is 2. The lowest BCUT2D eigenvalue weighted by Gasteiger charge is -2.34. The van der Waals surface area contributed by atoms with Crippen molar-refractivity contribution in [1.29, 1.82) is 0 Å². The van der Waals surface area contributed by atoms with Gasteiger partial charge in [0.25, 0.3) is 0 Å². The second-order valence-electron chi connectivity index (χ2n) is 6.43. The molecule has 24 heavy (non-hydrogen) atoms. The summed E-state index contributed by atoms with van der Waals surface area (Å²) in [4.78, 5) is 34.2. The van der Waals surface area contributed by atoms with Crippen LogP contribution in [0.2, 0.25) is 0 Å². The standard InChI is InChI=1S/C17H30N2O5/c1-12(2)24-8-5-16(21)18-6-9-23-7-4-17(22)19-15-10-14(11-15)13(3)20/h12,14-15H,4-11H2,1-3H3,(H,18,21)(H,19,22)/t14-,15-. The monoisotopic (exact) mass is 342 g/mol. The summed E-state index contributed by atoms with van der Waals surface area (Å²) in [5, 5.41) is 5.62. The van der Waals surface area contributed by atoms with Gasteiger partial charge in [0.05, 0.1) is 25.9 Å². The van der Waals surface area contributed by atoms with Crippen LogP contribution >= 0.6 is 0 Å². The van der Waals surface area contributed by atoms with Crippen LogP contribution in [-0.2, 0) is 23.9 Å². The van der Waals surface area contributed by atoms with Crippen LogP contribution < -0.4 is 10.6 Å². The number of carbonyl (C=O) groups is 3. The van der Waals surface area contributed by atoms with Crippen LogP contribution in [0.25, 0.3) is 0 Å². The van der Waals surface area contributed by atoms with Crippen LogP contribution in [0.3, 0.4) is 0 Å². The molecule has 0 radical (unpaired) electrons. The zero-order valence-corrected chi connectivity index (χ0v) is 14.9. The van der Waals surface area contributed by atoms with E-state index in [0.29, 0.717) is 32.8 Å². The van der Waals surface area contributed by atoms with Gasteiger partial charge in [-0.1, -0.05) is 0 Å². The predicted octanol–water partition coefficient (Wildman–Crippen LogP) is 0.808. The highest BCUT2D eigenvalue weighted by Gasteiger charge is 2.32. The quantitative estimate of drug-likeness (QED) is 0.512. The number of carbonyl (C=O) groups excluding carboxylic acids is 3. The Balaban J connectivity index is 1.90. The fraction of sp³-hybridized carbons (Fsp3) is 0.824. The molecule has 0 aromatic rings. The van der Waals surface area contributed by atoms with Gasteiger partial charge in [0.2, 0.25) is 11.8 Å². The van der Waals surface area contributed by atoms with E-state index in [-0.39, 0.29) is 42.1 Å². The third-order valence-electron chi connectivity index (χ3n) is 3.90. The Hall–Kier alpha value is -1.47. The fourth-order valence-corrected chi connectivity index (χ4v) is 2.37. The first kappa shape index (κ1) is 20.6. The minimum atomic E-state index is -0.0676. The van der Waals surface area contributed by atoms with Crippen molar-refractivity contribution in [2.45, 2.75) is 58.6 Å². The molecule has 1 rings (SSSR count). The number of Topliss-reactive ketones (excluding diaryl/α,β-unsaturated/α-hetero) is 1. The molecule has 1 saturated carbocycles. The van der Waals surface area contributed by atoms with Gasteiger partial charge in [-0.15, -0.1) is 0 Å². The van der Waals surface area contributed by atoms with Crippen LogP contribution in [0, 0.1) is 5.92 Å². The van der Waals surface area contributed by atoms with Crippen LogP contribution in [0.1, 0.15) is 46.5 Å². The number of nitrogens with one attached hydrogen (secondary N) is 2. The van der Waals surface area contributed by atoms with Crippen molar-refractivity contribution in [3.63, 3.8) is 0 Å². The number of ether oxygens (including phenoxy) is 2. The zero-order chi connectivity index (χ0) is 17.9. The van der Waals surface area contributed by atoms with Crippen molar-refractivity contribution < 1.29 is 23.9 Å². The third-order valence-corrected chi connectivity index (χ3v) is 3.90. The van der Waals surface area contributed by atoms with Gasteiger partial charge in [-0.25, -0.2) is 0 Å². The van der Waals surface area contributed by atoms with E-state index in [1.807, 2.05) is 13.8 Å². The van der Waals surface area contributed by atoms with Gasteiger partial charge in [-0.2, -0.15) is 0 Å². The van der Waals surface area contributed by atoms with E-state index in [9.17, 15) is 14.4 Å². The molecule has 7 heteroatoms. The second-order valence-corrected chi connectivity index (χ2v) is 6.43. The van der Waals surface area contributed by atoms with E-state index in [0.717, 1.165) is 12.8 Å².